The van der Waals surface area contributed by atoms with E-state index in [1.807, 2.05) is 0 Å². The average molecular weight is 491 g/mol. The van der Waals surface area contributed by atoms with E-state index in [0.717, 1.165) is 60.0 Å². The lowest BCUT2D eigenvalue weighted by molar-refractivity contribution is -0.125. The molecule has 6 nitrogen and oxygen atoms in total. The number of carbonyl (C=O) groups excluding carboxylic acids is 2. The van der Waals surface area contributed by atoms with Gasteiger partial charge in [0.1, 0.15) is 5.54 Å². The minimum atomic E-state index is -0.809. The van der Waals surface area contributed by atoms with Crippen LogP contribution < -0.4 is 5.32 Å². The minimum absolute atomic E-state index is 0.197. The topological polar surface area (TPSA) is 65.5 Å². The lowest BCUT2D eigenvalue weighted by atomic mass is 9.95. The van der Waals surface area contributed by atoms with Crippen molar-refractivity contribution in [3.8, 4) is 0 Å². The second-order valence-corrected chi connectivity index (χ2v) is 10.9. The highest BCUT2D eigenvalue weighted by molar-refractivity contribution is 6.07. The first-order chi connectivity index (χ1) is 18.0. The number of carbonyl (C=O) groups is 2. The number of rotatable bonds is 4. The summed E-state index contributed by atoms with van der Waals surface area (Å²) in [7, 11) is 1.72. The van der Waals surface area contributed by atoms with Crippen molar-refractivity contribution in [3.63, 3.8) is 0 Å². The maximum absolute atomic E-state index is 12.7. The van der Waals surface area contributed by atoms with Crippen LogP contribution in [-0.4, -0.2) is 45.4 Å². The summed E-state index contributed by atoms with van der Waals surface area (Å²) < 4.78 is 0. The van der Waals surface area contributed by atoms with Gasteiger partial charge in [0.15, 0.2) is 0 Å². The van der Waals surface area contributed by atoms with Crippen molar-refractivity contribution in [3.05, 3.63) is 100 Å². The van der Waals surface area contributed by atoms with Gasteiger partial charge in [-0.25, -0.2) is 4.79 Å². The molecule has 1 N–H and O–H groups in total. The van der Waals surface area contributed by atoms with Gasteiger partial charge in [0, 0.05) is 37.0 Å². The third kappa shape index (κ3) is 3.57. The second kappa shape index (κ2) is 8.30. The molecule has 0 bridgehead atoms. The van der Waals surface area contributed by atoms with Crippen LogP contribution in [0, 0.1) is 0 Å². The highest BCUT2D eigenvalue weighted by atomic mass is 16.2. The molecule has 1 spiro atoms. The Morgan fingerprint density at radius 2 is 1.86 bits per heavy atom. The Kier molecular flexibility index (Phi) is 5.00. The molecule has 3 aromatic rings. The summed E-state index contributed by atoms with van der Waals surface area (Å²) in [6.07, 6.45) is 10.1. The van der Waals surface area contributed by atoms with Gasteiger partial charge in [-0.2, -0.15) is 0 Å². The van der Waals surface area contributed by atoms with Crippen molar-refractivity contribution in [2.24, 2.45) is 0 Å². The fourth-order valence-corrected chi connectivity index (χ4v) is 6.71. The molecule has 2 atom stereocenters. The number of pyridine rings is 1. The molecule has 37 heavy (non-hydrogen) atoms. The summed E-state index contributed by atoms with van der Waals surface area (Å²) >= 11 is 0. The maximum Gasteiger partial charge on any atom is 0.324 e. The summed E-state index contributed by atoms with van der Waals surface area (Å²) in [5, 5.41) is 3.56. The van der Waals surface area contributed by atoms with Crippen LogP contribution in [-0.2, 0) is 30.6 Å². The van der Waals surface area contributed by atoms with E-state index >= 15 is 0 Å². The quantitative estimate of drug-likeness (QED) is 0.540. The van der Waals surface area contributed by atoms with Gasteiger partial charge >= 0.3 is 6.03 Å². The van der Waals surface area contributed by atoms with E-state index in [1.165, 1.54) is 11.3 Å². The molecule has 6 heteroatoms. The van der Waals surface area contributed by atoms with Crippen LogP contribution in [0.25, 0.3) is 10.9 Å². The highest BCUT2D eigenvalue weighted by Gasteiger charge is 2.54. The zero-order valence-corrected chi connectivity index (χ0v) is 21.0. The van der Waals surface area contributed by atoms with Crippen LogP contribution >= 0.6 is 0 Å². The Morgan fingerprint density at radius 1 is 1.05 bits per heavy atom. The maximum atomic E-state index is 12.7. The van der Waals surface area contributed by atoms with Crippen molar-refractivity contribution in [1.29, 1.82) is 0 Å². The molecule has 186 valence electrons. The first kappa shape index (κ1) is 22.3. The van der Waals surface area contributed by atoms with Crippen molar-refractivity contribution < 1.29 is 9.59 Å². The van der Waals surface area contributed by atoms with Crippen molar-refractivity contribution >= 4 is 22.8 Å². The molecular weight excluding hydrogens is 460 g/mol. The molecule has 1 aromatic heterocycles. The number of nitrogens with zero attached hydrogens (tertiary/aromatic N) is 3. The van der Waals surface area contributed by atoms with Gasteiger partial charge in [0.05, 0.1) is 17.8 Å². The zero-order valence-electron chi connectivity index (χ0n) is 21.0. The second-order valence-electron chi connectivity index (χ2n) is 10.9. The molecule has 3 heterocycles. The number of urea groups is 1. The number of hydrogen-bond donors (Lipinski definition) is 1. The largest absolute Gasteiger partial charge is 0.362 e. The van der Waals surface area contributed by atoms with Crippen LogP contribution in [0.5, 0.6) is 0 Å². The molecular formula is C31H30N4O2. The van der Waals surface area contributed by atoms with Gasteiger partial charge in [0.25, 0.3) is 5.91 Å². The molecule has 1 saturated heterocycles. The first-order valence-corrected chi connectivity index (χ1v) is 13.2. The predicted molar refractivity (Wildman–Crippen MR) is 143 cm³/mol. The minimum Gasteiger partial charge on any atom is -0.362 e. The lowest BCUT2D eigenvalue weighted by Gasteiger charge is -2.29. The SMILES string of the molecule is CN1C(=O)NC(=O)C12Cc1cc3ccc(CN4C5=C(CCC=C5)CC4Cc4ccccc4)nc3cc1C2. The van der Waals surface area contributed by atoms with Gasteiger partial charge in [-0.1, -0.05) is 42.5 Å². The molecule has 3 amide bonds. The van der Waals surface area contributed by atoms with E-state index in [0.29, 0.717) is 18.9 Å². The van der Waals surface area contributed by atoms with E-state index in [2.05, 4.69) is 77.0 Å². The van der Waals surface area contributed by atoms with Gasteiger partial charge in [-0.3, -0.25) is 15.1 Å². The van der Waals surface area contributed by atoms with Crippen molar-refractivity contribution in [2.75, 3.05) is 7.05 Å². The summed E-state index contributed by atoms with van der Waals surface area (Å²) in [6, 6.07) is 19.5. The summed E-state index contributed by atoms with van der Waals surface area (Å²) in [6.45, 7) is 0.775. The van der Waals surface area contributed by atoms with Gasteiger partial charge in [0.2, 0.25) is 0 Å². The van der Waals surface area contributed by atoms with Gasteiger partial charge < -0.3 is 9.80 Å². The van der Waals surface area contributed by atoms with E-state index < -0.39 is 5.54 Å². The van der Waals surface area contributed by atoms with Crippen LogP contribution in [0.3, 0.4) is 0 Å². The Labute approximate surface area is 216 Å². The number of benzene rings is 2. The van der Waals surface area contributed by atoms with Gasteiger partial charge in [-0.15, -0.1) is 0 Å². The molecule has 2 aliphatic carbocycles. The number of amides is 3. The standard InChI is InChI=1S/C31H30N4O2/c1-34-30(37)33-29(36)31(34)17-23-14-21-11-12-25(32-27(21)16-24(23)18-31)19-35-26(13-20-7-3-2-4-8-20)15-22-9-5-6-10-28(22)35/h2-4,6-8,10-12,14,16,26H,5,9,13,15,17-19H2,1H3,(H,33,36,37). The monoisotopic (exact) mass is 490 g/mol. The van der Waals surface area contributed by atoms with Crippen LogP contribution in [0.1, 0.15) is 41.6 Å². The van der Waals surface area contributed by atoms with E-state index in [1.54, 1.807) is 17.5 Å². The summed E-state index contributed by atoms with van der Waals surface area (Å²) in [5.74, 6) is -0.197. The third-order valence-electron chi connectivity index (χ3n) is 8.75. The summed E-state index contributed by atoms with van der Waals surface area (Å²) in [5.41, 5.74) is 7.75. The highest BCUT2D eigenvalue weighted by Crippen LogP contribution is 2.40. The number of fused-ring (bicyclic) bond motifs is 2. The molecule has 2 unspecified atom stereocenters. The van der Waals surface area contributed by atoms with E-state index in [9.17, 15) is 9.59 Å². The number of hydrogen-bond acceptors (Lipinski definition) is 4. The molecule has 0 radical (unpaired) electrons. The fraction of sp³-hybridized carbons (Fsp3) is 0.323. The van der Waals surface area contributed by atoms with Crippen LogP contribution in [0.2, 0.25) is 0 Å². The Balaban J connectivity index is 1.19. The lowest BCUT2D eigenvalue weighted by Crippen LogP contribution is -2.48. The number of nitrogens with one attached hydrogen (secondary N) is 1. The normalized spacial score (nSPS) is 24.4. The Bertz CT molecular complexity index is 1510. The van der Waals surface area contributed by atoms with E-state index in [-0.39, 0.29) is 11.9 Å². The fourth-order valence-electron chi connectivity index (χ4n) is 6.71. The number of aromatic nitrogens is 1. The smallest absolute Gasteiger partial charge is 0.324 e. The molecule has 1 fully saturated rings. The first-order valence-electron chi connectivity index (χ1n) is 13.2. The average Bonchev–Trinajstić information content (AvgIpc) is 3.51. The Hall–Kier alpha value is -3.93. The molecule has 2 aromatic carbocycles. The van der Waals surface area contributed by atoms with Crippen LogP contribution in [0.4, 0.5) is 4.79 Å². The third-order valence-corrected chi connectivity index (χ3v) is 8.75. The van der Waals surface area contributed by atoms with E-state index in [4.69, 9.17) is 4.98 Å². The number of allylic oxidation sites excluding steroid dienone is 2. The predicted octanol–water partition coefficient (Wildman–Crippen LogP) is 4.67. The van der Waals surface area contributed by atoms with Gasteiger partial charge in [-0.05, 0) is 72.2 Å². The molecule has 2 aliphatic heterocycles. The van der Waals surface area contributed by atoms with Crippen LogP contribution in [0.15, 0.2) is 78.0 Å². The molecule has 4 aliphatic rings. The summed E-state index contributed by atoms with van der Waals surface area (Å²) in [4.78, 5) is 34.1. The Morgan fingerprint density at radius 3 is 2.65 bits per heavy atom. The van der Waals surface area contributed by atoms with Crippen molar-refractivity contribution in [1.82, 2.24) is 20.1 Å². The molecule has 7 rings (SSSR count). The zero-order chi connectivity index (χ0) is 25.1. The van der Waals surface area contributed by atoms with Crippen molar-refractivity contribution in [2.45, 2.75) is 56.7 Å². The number of imide groups is 1. The molecule has 0 saturated carbocycles. The number of likely N-dealkylation sites (N-methyl/N-ethyl adjacent to an activating group) is 1.